The number of anilines is 1. The van der Waals surface area contributed by atoms with Crippen molar-refractivity contribution in [2.75, 3.05) is 37.8 Å². The zero-order valence-corrected chi connectivity index (χ0v) is 12.8. The second kappa shape index (κ2) is 8.10. The number of rotatable bonds is 6. The average Bonchev–Trinajstić information content (AvgIpc) is 2.53. The van der Waals surface area contributed by atoms with E-state index in [4.69, 9.17) is 9.84 Å². The number of nitrogens with zero attached hydrogens (tertiary/aromatic N) is 1. The summed E-state index contributed by atoms with van der Waals surface area (Å²) in [6, 6.07) is 4.51. The fraction of sp³-hybridized carbons (Fsp3) is 0.562. The Kier molecular flexibility index (Phi) is 6.15. The van der Waals surface area contributed by atoms with Gasteiger partial charge in [-0.3, -0.25) is 4.79 Å². The van der Waals surface area contributed by atoms with Crippen molar-refractivity contribution < 1.29 is 19.0 Å². The van der Waals surface area contributed by atoms with Crippen molar-refractivity contribution in [3.63, 3.8) is 0 Å². The number of ether oxygens (including phenoxy) is 1. The molecule has 0 aromatic heterocycles. The number of halogens is 1. The van der Waals surface area contributed by atoms with E-state index in [0.29, 0.717) is 50.4 Å². The number of amides is 1. The van der Waals surface area contributed by atoms with Gasteiger partial charge in [-0.1, -0.05) is 0 Å². The molecule has 1 aliphatic heterocycles. The molecule has 0 spiro atoms. The van der Waals surface area contributed by atoms with Gasteiger partial charge in [0, 0.05) is 31.3 Å². The largest absolute Gasteiger partial charge is 0.396 e. The maximum atomic E-state index is 14.2. The van der Waals surface area contributed by atoms with Gasteiger partial charge in [-0.2, -0.15) is 0 Å². The lowest BCUT2D eigenvalue weighted by molar-refractivity contribution is 0.0936. The van der Waals surface area contributed by atoms with Crippen molar-refractivity contribution in [2.24, 2.45) is 0 Å². The molecular weight excluding hydrogens is 287 g/mol. The first-order valence-corrected chi connectivity index (χ1v) is 7.66. The minimum Gasteiger partial charge on any atom is -0.396 e. The number of aliphatic hydroxyl groups excluding tert-OH is 1. The monoisotopic (exact) mass is 310 g/mol. The number of morpholine rings is 1. The summed E-state index contributed by atoms with van der Waals surface area (Å²) < 4.78 is 19.5. The van der Waals surface area contributed by atoms with Crippen molar-refractivity contribution in [2.45, 2.75) is 25.8 Å². The Balaban J connectivity index is 2.00. The van der Waals surface area contributed by atoms with Crippen LogP contribution in [-0.2, 0) is 4.74 Å². The maximum absolute atomic E-state index is 14.2. The van der Waals surface area contributed by atoms with E-state index in [1.165, 1.54) is 6.07 Å². The summed E-state index contributed by atoms with van der Waals surface area (Å²) in [5.41, 5.74) is 0.818. The highest BCUT2D eigenvalue weighted by Crippen LogP contribution is 2.21. The lowest BCUT2D eigenvalue weighted by atomic mass is 10.1. The molecule has 1 fully saturated rings. The van der Waals surface area contributed by atoms with E-state index in [1.807, 2.05) is 11.8 Å². The predicted molar refractivity (Wildman–Crippen MR) is 82.7 cm³/mol. The molecule has 2 N–H and O–H groups in total. The molecule has 22 heavy (non-hydrogen) atoms. The first-order valence-electron chi connectivity index (χ1n) is 7.66. The van der Waals surface area contributed by atoms with Crippen LogP contribution in [0.2, 0.25) is 0 Å². The van der Waals surface area contributed by atoms with Gasteiger partial charge in [0.05, 0.1) is 18.9 Å². The fourth-order valence-corrected chi connectivity index (χ4v) is 2.49. The van der Waals surface area contributed by atoms with E-state index < -0.39 is 5.82 Å². The van der Waals surface area contributed by atoms with Crippen LogP contribution >= 0.6 is 0 Å². The van der Waals surface area contributed by atoms with E-state index in [-0.39, 0.29) is 18.6 Å². The van der Waals surface area contributed by atoms with Gasteiger partial charge in [-0.05, 0) is 38.0 Å². The zero-order valence-electron chi connectivity index (χ0n) is 12.8. The maximum Gasteiger partial charge on any atom is 0.251 e. The van der Waals surface area contributed by atoms with Gasteiger partial charge in [0.1, 0.15) is 5.82 Å². The summed E-state index contributed by atoms with van der Waals surface area (Å²) in [5, 5.41) is 11.6. The van der Waals surface area contributed by atoms with Gasteiger partial charge >= 0.3 is 0 Å². The van der Waals surface area contributed by atoms with E-state index >= 15 is 0 Å². The van der Waals surface area contributed by atoms with E-state index in [0.717, 1.165) is 0 Å². The Labute approximate surface area is 130 Å². The second-order valence-electron chi connectivity index (χ2n) is 5.51. The molecule has 1 unspecified atom stereocenters. The SMILES string of the molecule is CC(CCCO)NC(=O)c1ccc(N2CCOCC2)c(F)c1. The Bertz CT molecular complexity index is 504. The van der Waals surface area contributed by atoms with Gasteiger partial charge in [-0.15, -0.1) is 0 Å². The predicted octanol–water partition coefficient (Wildman–Crippen LogP) is 1.55. The number of benzene rings is 1. The molecule has 0 saturated carbocycles. The van der Waals surface area contributed by atoms with E-state index in [2.05, 4.69) is 5.32 Å². The smallest absolute Gasteiger partial charge is 0.251 e. The van der Waals surface area contributed by atoms with Gasteiger partial charge in [0.2, 0.25) is 0 Å². The summed E-state index contributed by atoms with van der Waals surface area (Å²) >= 11 is 0. The van der Waals surface area contributed by atoms with Crippen LogP contribution in [0, 0.1) is 5.82 Å². The van der Waals surface area contributed by atoms with Crippen LogP contribution in [0.25, 0.3) is 0 Å². The molecule has 0 bridgehead atoms. The molecule has 1 amide bonds. The Morgan fingerprint density at radius 2 is 2.18 bits per heavy atom. The van der Waals surface area contributed by atoms with E-state index in [9.17, 15) is 9.18 Å². The molecule has 5 nitrogen and oxygen atoms in total. The van der Waals surface area contributed by atoms with Crippen LogP contribution in [0.3, 0.4) is 0 Å². The lowest BCUT2D eigenvalue weighted by Gasteiger charge is -2.29. The quantitative estimate of drug-likeness (QED) is 0.837. The number of hydrogen-bond donors (Lipinski definition) is 2. The molecule has 2 rings (SSSR count). The third-order valence-corrected chi connectivity index (χ3v) is 3.73. The highest BCUT2D eigenvalue weighted by molar-refractivity contribution is 5.94. The summed E-state index contributed by atoms with van der Waals surface area (Å²) in [6.07, 6.45) is 1.32. The minimum absolute atomic E-state index is 0.0540. The topological polar surface area (TPSA) is 61.8 Å². The molecule has 122 valence electrons. The number of carbonyl (C=O) groups excluding carboxylic acids is 1. The second-order valence-corrected chi connectivity index (χ2v) is 5.51. The summed E-state index contributed by atoms with van der Waals surface area (Å²) in [7, 11) is 0. The Morgan fingerprint density at radius 3 is 2.82 bits per heavy atom. The average molecular weight is 310 g/mol. The van der Waals surface area contributed by atoms with Gasteiger partial charge in [-0.25, -0.2) is 4.39 Å². The Morgan fingerprint density at radius 1 is 1.45 bits per heavy atom. The molecule has 1 aliphatic rings. The summed E-state index contributed by atoms with van der Waals surface area (Å²) in [5.74, 6) is -0.685. The molecule has 1 atom stereocenters. The normalized spacial score (nSPS) is 16.4. The first-order chi connectivity index (χ1) is 10.6. The molecule has 1 saturated heterocycles. The summed E-state index contributed by atoms with van der Waals surface area (Å²) in [6.45, 7) is 4.45. The summed E-state index contributed by atoms with van der Waals surface area (Å²) in [4.78, 5) is 14.0. The van der Waals surface area contributed by atoms with Crippen LogP contribution in [0.4, 0.5) is 10.1 Å². The molecular formula is C16H23FN2O3. The standard InChI is InChI=1S/C16H23FN2O3/c1-12(3-2-8-20)18-16(21)13-4-5-15(14(17)11-13)19-6-9-22-10-7-19/h4-5,11-12,20H,2-3,6-10H2,1H3,(H,18,21). The minimum atomic E-state index is -0.391. The van der Waals surface area contributed by atoms with Gasteiger partial charge in [0.25, 0.3) is 5.91 Å². The molecule has 1 heterocycles. The van der Waals surface area contributed by atoms with Crippen molar-refractivity contribution in [1.82, 2.24) is 5.32 Å². The number of carbonyl (C=O) groups is 1. The van der Waals surface area contributed by atoms with Crippen LogP contribution in [-0.4, -0.2) is 50.0 Å². The first kappa shape index (κ1) is 16.7. The fourth-order valence-electron chi connectivity index (χ4n) is 2.49. The van der Waals surface area contributed by atoms with Crippen LogP contribution in [0.15, 0.2) is 18.2 Å². The van der Waals surface area contributed by atoms with Crippen LogP contribution in [0.1, 0.15) is 30.1 Å². The van der Waals surface area contributed by atoms with Crippen molar-refractivity contribution in [3.8, 4) is 0 Å². The number of aliphatic hydroxyl groups is 1. The molecule has 6 heteroatoms. The van der Waals surface area contributed by atoms with Crippen molar-refractivity contribution in [3.05, 3.63) is 29.6 Å². The highest BCUT2D eigenvalue weighted by atomic mass is 19.1. The van der Waals surface area contributed by atoms with Crippen LogP contribution < -0.4 is 10.2 Å². The van der Waals surface area contributed by atoms with Crippen LogP contribution in [0.5, 0.6) is 0 Å². The van der Waals surface area contributed by atoms with Gasteiger partial charge in [0.15, 0.2) is 0 Å². The van der Waals surface area contributed by atoms with Crippen molar-refractivity contribution >= 4 is 11.6 Å². The molecule has 1 aromatic carbocycles. The number of nitrogens with one attached hydrogen (secondary N) is 1. The molecule has 0 aliphatic carbocycles. The van der Waals surface area contributed by atoms with Gasteiger partial charge < -0.3 is 20.1 Å². The molecule has 0 radical (unpaired) electrons. The highest BCUT2D eigenvalue weighted by Gasteiger charge is 2.17. The third kappa shape index (κ3) is 4.42. The Hall–Kier alpha value is -1.66. The number of hydrogen-bond acceptors (Lipinski definition) is 4. The lowest BCUT2D eigenvalue weighted by Crippen LogP contribution is -2.37. The third-order valence-electron chi connectivity index (χ3n) is 3.73. The molecule has 1 aromatic rings. The zero-order chi connectivity index (χ0) is 15.9. The van der Waals surface area contributed by atoms with E-state index in [1.54, 1.807) is 12.1 Å². The van der Waals surface area contributed by atoms with Crippen molar-refractivity contribution in [1.29, 1.82) is 0 Å².